The van der Waals surface area contributed by atoms with Crippen LogP contribution < -0.4 is 10.2 Å². The summed E-state index contributed by atoms with van der Waals surface area (Å²) in [6.45, 7) is 9.19. The SMILES string of the molecule is CCNCc1cc(F)cnc1N1CC2CCCN2CC1C. The number of piperazine rings is 1. The minimum absolute atomic E-state index is 0.251. The lowest BCUT2D eigenvalue weighted by atomic mass is 10.1. The van der Waals surface area contributed by atoms with Crippen molar-refractivity contribution in [1.82, 2.24) is 15.2 Å². The quantitative estimate of drug-likeness (QED) is 0.920. The number of nitrogens with one attached hydrogen (secondary N) is 1. The highest BCUT2D eigenvalue weighted by Crippen LogP contribution is 2.29. The maximum atomic E-state index is 13.5. The van der Waals surface area contributed by atoms with Crippen LogP contribution in [0.25, 0.3) is 0 Å². The minimum Gasteiger partial charge on any atom is -0.351 e. The van der Waals surface area contributed by atoms with Crippen LogP contribution in [0.4, 0.5) is 10.2 Å². The van der Waals surface area contributed by atoms with Gasteiger partial charge in [0.15, 0.2) is 0 Å². The number of hydrogen-bond donors (Lipinski definition) is 1. The van der Waals surface area contributed by atoms with Crippen LogP contribution in [0.5, 0.6) is 0 Å². The van der Waals surface area contributed by atoms with E-state index in [1.165, 1.54) is 25.6 Å². The second-order valence-electron chi connectivity index (χ2n) is 6.21. The second-order valence-corrected chi connectivity index (χ2v) is 6.21. The summed E-state index contributed by atoms with van der Waals surface area (Å²) in [6, 6.07) is 2.69. The third-order valence-electron chi connectivity index (χ3n) is 4.68. The number of aromatic nitrogens is 1. The third-order valence-corrected chi connectivity index (χ3v) is 4.68. The Kier molecular flexibility index (Phi) is 4.40. The molecule has 21 heavy (non-hydrogen) atoms. The van der Waals surface area contributed by atoms with Crippen molar-refractivity contribution in [3.8, 4) is 0 Å². The van der Waals surface area contributed by atoms with Crippen molar-refractivity contribution in [3.05, 3.63) is 23.6 Å². The molecule has 2 aliphatic heterocycles. The monoisotopic (exact) mass is 292 g/mol. The first-order valence-corrected chi connectivity index (χ1v) is 8.05. The van der Waals surface area contributed by atoms with Crippen LogP contribution in [-0.4, -0.2) is 48.1 Å². The number of pyridine rings is 1. The number of fused-ring (bicyclic) bond motifs is 1. The Bertz CT molecular complexity index is 493. The van der Waals surface area contributed by atoms with Gasteiger partial charge < -0.3 is 10.2 Å². The number of hydrogen-bond acceptors (Lipinski definition) is 4. The highest BCUT2D eigenvalue weighted by molar-refractivity contribution is 5.49. The molecular weight excluding hydrogens is 267 g/mol. The average molecular weight is 292 g/mol. The van der Waals surface area contributed by atoms with Gasteiger partial charge in [-0.15, -0.1) is 0 Å². The van der Waals surface area contributed by atoms with E-state index >= 15 is 0 Å². The first-order chi connectivity index (χ1) is 10.2. The van der Waals surface area contributed by atoms with Crippen molar-refractivity contribution in [2.24, 2.45) is 0 Å². The van der Waals surface area contributed by atoms with Crippen LogP contribution >= 0.6 is 0 Å². The Morgan fingerprint density at radius 3 is 3.10 bits per heavy atom. The van der Waals surface area contributed by atoms with Gasteiger partial charge in [0.2, 0.25) is 0 Å². The van der Waals surface area contributed by atoms with Crippen LogP contribution in [0.15, 0.2) is 12.3 Å². The molecule has 1 aromatic heterocycles. The predicted octanol–water partition coefficient (Wildman–Crippen LogP) is 2.00. The van der Waals surface area contributed by atoms with Crippen molar-refractivity contribution in [2.45, 2.75) is 45.3 Å². The van der Waals surface area contributed by atoms with E-state index in [1.807, 2.05) is 0 Å². The molecule has 3 heterocycles. The molecule has 3 rings (SSSR count). The lowest BCUT2D eigenvalue weighted by Crippen LogP contribution is -2.55. The Balaban J connectivity index is 1.84. The van der Waals surface area contributed by atoms with E-state index in [-0.39, 0.29) is 5.82 Å². The molecule has 116 valence electrons. The summed E-state index contributed by atoms with van der Waals surface area (Å²) in [5.74, 6) is 0.704. The summed E-state index contributed by atoms with van der Waals surface area (Å²) >= 11 is 0. The summed E-state index contributed by atoms with van der Waals surface area (Å²) in [4.78, 5) is 9.38. The van der Waals surface area contributed by atoms with Crippen LogP contribution in [-0.2, 0) is 6.54 Å². The molecule has 0 radical (unpaired) electrons. The van der Waals surface area contributed by atoms with Gasteiger partial charge in [0.05, 0.1) is 6.20 Å². The van der Waals surface area contributed by atoms with Gasteiger partial charge in [-0.05, 0) is 38.9 Å². The standard InChI is InChI=1S/C16H25FN4/c1-3-18-8-13-7-14(17)9-19-16(13)21-11-15-5-4-6-20(15)10-12(21)2/h7,9,12,15,18H,3-6,8,10-11H2,1-2H3. The topological polar surface area (TPSA) is 31.4 Å². The van der Waals surface area contributed by atoms with Crippen LogP contribution in [0.2, 0.25) is 0 Å². The average Bonchev–Trinajstić information content (AvgIpc) is 2.91. The van der Waals surface area contributed by atoms with Crippen LogP contribution in [0, 0.1) is 5.82 Å². The molecule has 0 spiro atoms. The maximum Gasteiger partial charge on any atom is 0.141 e. The molecule has 2 unspecified atom stereocenters. The Labute approximate surface area is 126 Å². The predicted molar refractivity (Wildman–Crippen MR) is 83.0 cm³/mol. The van der Waals surface area contributed by atoms with E-state index in [4.69, 9.17) is 0 Å². The number of nitrogens with zero attached hydrogens (tertiary/aromatic N) is 3. The molecule has 0 bridgehead atoms. The van der Waals surface area contributed by atoms with Gasteiger partial charge in [0, 0.05) is 37.3 Å². The summed E-state index contributed by atoms with van der Waals surface area (Å²) in [5, 5.41) is 3.29. The van der Waals surface area contributed by atoms with Crippen molar-refractivity contribution in [1.29, 1.82) is 0 Å². The van der Waals surface area contributed by atoms with Gasteiger partial charge in [0.1, 0.15) is 11.6 Å². The van der Waals surface area contributed by atoms with E-state index in [2.05, 4.69) is 33.9 Å². The minimum atomic E-state index is -0.251. The first kappa shape index (κ1) is 14.7. The fraction of sp³-hybridized carbons (Fsp3) is 0.688. The molecule has 2 saturated heterocycles. The molecule has 0 amide bonds. The van der Waals surface area contributed by atoms with E-state index in [1.54, 1.807) is 6.07 Å². The number of rotatable bonds is 4. The van der Waals surface area contributed by atoms with Gasteiger partial charge >= 0.3 is 0 Å². The second kappa shape index (κ2) is 6.28. The molecule has 0 saturated carbocycles. The van der Waals surface area contributed by atoms with Crippen molar-refractivity contribution in [2.75, 3.05) is 31.1 Å². The van der Waals surface area contributed by atoms with E-state index in [0.29, 0.717) is 18.6 Å². The molecule has 2 aliphatic rings. The molecule has 0 aromatic carbocycles. The molecule has 1 aromatic rings. The fourth-order valence-corrected chi connectivity index (χ4v) is 3.60. The van der Waals surface area contributed by atoms with Crippen molar-refractivity contribution < 1.29 is 4.39 Å². The molecule has 0 aliphatic carbocycles. The molecule has 2 fully saturated rings. The number of halogens is 1. The fourth-order valence-electron chi connectivity index (χ4n) is 3.60. The highest BCUT2D eigenvalue weighted by Gasteiger charge is 2.35. The highest BCUT2D eigenvalue weighted by atomic mass is 19.1. The summed E-state index contributed by atoms with van der Waals surface area (Å²) in [7, 11) is 0. The largest absolute Gasteiger partial charge is 0.351 e. The van der Waals surface area contributed by atoms with Gasteiger partial charge in [-0.25, -0.2) is 9.37 Å². The smallest absolute Gasteiger partial charge is 0.141 e. The summed E-state index contributed by atoms with van der Waals surface area (Å²) in [6.07, 6.45) is 3.91. The summed E-state index contributed by atoms with van der Waals surface area (Å²) < 4.78 is 13.5. The molecule has 4 nitrogen and oxygen atoms in total. The normalized spacial score (nSPS) is 26.1. The van der Waals surface area contributed by atoms with Crippen LogP contribution in [0.1, 0.15) is 32.3 Å². The maximum absolute atomic E-state index is 13.5. The first-order valence-electron chi connectivity index (χ1n) is 8.05. The molecule has 1 N–H and O–H groups in total. The van der Waals surface area contributed by atoms with E-state index < -0.39 is 0 Å². The number of anilines is 1. The third kappa shape index (κ3) is 3.04. The lowest BCUT2D eigenvalue weighted by molar-refractivity contribution is 0.202. The molecule has 5 heteroatoms. The van der Waals surface area contributed by atoms with E-state index in [9.17, 15) is 4.39 Å². The Morgan fingerprint density at radius 2 is 2.29 bits per heavy atom. The molecule has 2 atom stereocenters. The van der Waals surface area contributed by atoms with Crippen molar-refractivity contribution >= 4 is 5.82 Å². The zero-order chi connectivity index (χ0) is 14.8. The Hall–Kier alpha value is -1.20. The Morgan fingerprint density at radius 1 is 1.43 bits per heavy atom. The van der Waals surface area contributed by atoms with E-state index in [0.717, 1.165) is 31.0 Å². The zero-order valence-corrected chi connectivity index (χ0v) is 13.0. The summed E-state index contributed by atoms with van der Waals surface area (Å²) in [5.41, 5.74) is 0.968. The van der Waals surface area contributed by atoms with Crippen molar-refractivity contribution in [3.63, 3.8) is 0 Å². The molecular formula is C16H25FN4. The zero-order valence-electron chi connectivity index (χ0n) is 13.0. The van der Waals surface area contributed by atoms with Gasteiger partial charge in [-0.2, -0.15) is 0 Å². The van der Waals surface area contributed by atoms with Crippen LogP contribution in [0.3, 0.4) is 0 Å². The van der Waals surface area contributed by atoms with Gasteiger partial charge in [0.25, 0.3) is 0 Å². The lowest BCUT2D eigenvalue weighted by Gasteiger charge is -2.43. The van der Waals surface area contributed by atoms with Gasteiger partial charge in [-0.3, -0.25) is 4.90 Å². The van der Waals surface area contributed by atoms with Gasteiger partial charge in [-0.1, -0.05) is 6.92 Å².